The second kappa shape index (κ2) is 4.81. The van der Waals surface area contributed by atoms with Gasteiger partial charge in [-0.3, -0.25) is 4.79 Å². The van der Waals surface area contributed by atoms with Crippen molar-refractivity contribution in [3.63, 3.8) is 0 Å². The van der Waals surface area contributed by atoms with Crippen molar-refractivity contribution in [2.75, 3.05) is 7.11 Å². The number of fused-ring (bicyclic) bond motifs is 1. The first kappa shape index (κ1) is 12.6. The maximum Gasteiger partial charge on any atom is 0.311 e. The highest BCUT2D eigenvalue weighted by molar-refractivity contribution is 5.86. The van der Waals surface area contributed by atoms with Crippen molar-refractivity contribution in [2.24, 2.45) is 5.41 Å². The smallest absolute Gasteiger partial charge is 0.311 e. The Labute approximate surface area is 108 Å². The van der Waals surface area contributed by atoms with Crippen LogP contribution in [0.3, 0.4) is 0 Å². The predicted molar refractivity (Wildman–Crippen MR) is 73.4 cm³/mol. The van der Waals surface area contributed by atoms with Crippen LogP contribution in [0.1, 0.15) is 19.4 Å². The van der Waals surface area contributed by atoms with Crippen LogP contribution in [0.5, 0.6) is 0 Å². The molecule has 0 fully saturated rings. The highest BCUT2D eigenvalue weighted by atomic mass is 16.5. The van der Waals surface area contributed by atoms with E-state index in [4.69, 9.17) is 4.74 Å². The van der Waals surface area contributed by atoms with Gasteiger partial charge in [0.05, 0.1) is 12.5 Å². The van der Waals surface area contributed by atoms with Crippen LogP contribution in [0.4, 0.5) is 0 Å². The highest BCUT2D eigenvalue weighted by Gasteiger charge is 2.29. The lowest BCUT2D eigenvalue weighted by Crippen LogP contribution is -2.28. The number of methoxy groups -OCH3 is 1. The average molecular weight is 242 g/mol. The minimum absolute atomic E-state index is 0.171. The number of carbonyl (C=O) groups is 1. The maximum absolute atomic E-state index is 11.8. The number of ether oxygens (including phenoxy) is 1. The summed E-state index contributed by atoms with van der Waals surface area (Å²) < 4.78 is 4.86. The molecule has 0 aliphatic heterocycles. The van der Waals surface area contributed by atoms with E-state index in [0.717, 1.165) is 0 Å². The Kier molecular flexibility index (Phi) is 3.37. The Morgan fingerprint density at radius 1 is 1.11 bits per heavy atom. The molecular weight excluding hydrogens is 224 g/mol. The fourth-order valence-electron chi connectivity index (χ4n) is 2.27. The molecule has 2 rings (SSSR count). The molecule has 2 aromatic carbocycles. The standard InChI is InChI=1S/C16H18O2/c1-16(2,15(17)18-3)11-13-9-6-8-12-7-4-5-10-14(12)13/h4-10H,11H2,1-3H3. The summed E-state index contributed by atoms with van der Waals surface area (Å²) in [6.45, 7) is 3.83. The van der Waals surface area contributed by atoms with Gasteiger partial charge in [-0.15, -0.1) is 0 Å². The zero-order valence-electron chi connectivity index (χ0n) is 11.1. The molecular formula is C16H18O2. The van der Waals surface area contributed by atoms with Crippen molar-refractivity contribution in [2.45, 2.75) is 20.3 Å². The molecule has 0 bridgehead atoms. The molecule has 2 nitrogen and oxygen atoms in total. The topological polar surface area (TPSA) is 26.3 Å². The Balaban J connectivity index is 2.41. The minimum atomic E-state index is -0.501. The van der Waals surface area contributed by atoms with Gasteiger partial charge in [0.25, 0.3) is 0 Å². The minimum Gasteiger partial charge on any atom is -0.469 e. The van der Waals surface area contributed by atoms with Crippen LogP contribution in [-0.2, 0) is 16.0 Å². The first-order chi connectivity index (χ1) is 8.54. The molecule has 2 aromatic rings. The SMILES string of the molecule is COC(=O)C(C)(C)Cc1cccc2ccccc12. The fourth-order valence-corrected chi connectivity index (χ4v) is 2.27. The fraction of sp³-hybridized carbons (Fsp3) is 0.312. The lowest BCUT2D eigenvalue weighted by Gasteiger charge is -2.22. The number of carbonyl (C=O) groups excluding carboxylic acids is 1. The molecule has 0 saturated heterocycles. The molecule has 0 unspecified atom stereocenters. The van der Waals surface area contributed by atoms with Gasteiger partial charge in [0, 0.05) is 0 Å². The van der Waals surface area contributed by atoms with Crippen LogP contribution in [0.15, 0.2) is 42.5 Å². The zero-order chi connectivity index (χ0) is 13.2. The van der Waals surface area contributed by atoms with Crippen LogP contribution in [0.25, 0.3) is 10.8 Å². The second-order valence-corrected chi connectivity index (χ2v) is 5.19. The van der Waals surface area contributed by atoms with Gasteiger partial charge in [-0.1, -0.05) is 42.5 Å². The highest BCUT2D eigenvalue weighted by Crippen LogP contribution is 2.28. The molecule has 0 aromatic heterocycles. The van der Waals surface area contributed by atoms with Crippen LogP contribution in [0.2, 0.25) is 0 Å². The number of benzene rings is 2. The molecule has 0 spiro atoms. The van der Waals surface area contributed by atoms with E-state index in [1.54, 1.807) is 0 Å². The zero-order valence-corrected chi connectivity index (χ0v) is 11.1. The largest absolute Gasteiger partial charge is 0.469 e. The lowest BCUT2D eigenvalue weighted by molar-refractivity contribution is -0.150. The van der Waals surface area contributed by atoms with Gasteiger partial charge < -0.3 is 4.74 Å². The predicted octanol–water partition coefficient (Wildman–Crippen LogP) is 3.58. The van der Waals surface area contributed by atoms with Gasteiger partial charge in [0.15, 0.2) is 0 Å². The summed E-state index contributed by atoms with van der Waals surface area (Å²) in [4.78, 5) is 11.8. The van der Waals surface area contributed by atoms with E-state index in [1.165, 1.54) is 23.4 Å². The van der Waals surface area contributed by atoms with Crippen molar-refractivity contribution in [3.8, 4) is 0 Å². The van der Waals surface area contributed by atoms with Crippen LogP contribution in [0, 0.1) is 5.41 Å². The van der Waals surface area contributed by atoms with Crippen LogP contribution < -0.4 is 0 Å². The van der Waals surface area contributed by atoms with Crippen molar-refractivity contribution in [1.82, 2.24) is 0 Å². The first-order valence-electron chi connectivity index (χ1n) is 6.09. The molecule has 94 valence electrons. The van der Waals surface area contributed by atoms with Crippen molar-refractivity contribution >= 4 is 16.7 Å². The second-order valence-electron chi connectivity index (χ2n) is 5.19. The Morgan fingerprint density at radius 3 is 2.50 bits per heavy atom. The summed E-state index contributed by atoms with van der Waals surface area (Å²) in [7, 11) is 1.44. The van der Waals surface area contributed by atoms with Gasteiger partial charge in [-0.05, 0) is 36.6 Å². The summed E-state index contributed by atoms with van der Waals surface area (Å²) in [5.74, 6) is -0.171. The molecule has 0 N–H and O–H groups in total. The van der Waals surface area contributed by atoms with E-state index in [9.17, 15) is 4.79 Å². The number of hydrogen-bond acceptors (Lipinski definition) is 2. The Hall–Kier alpha value is -1.83. The van der Waals surface area contributed by atoms with Crippen molar-refractivity contribution < 1.29 is 9.53 Å². The number of esters is 1. The maximum atomic E-state index is 11.8. The molecule has 0 atom stereocenters. The lowest BCUT2D eigenvalue weighted by atomic mass is 9.84. The molecule has 2 heteroatoms. The summed E-state index contributed by atoms with van der Waals surface area (Å²) in [5, 5.41) is 2.41. The number of rotatable bonds is 3. The molecule has 0 amide bonds. The van der Waals surface area contributed by atoms with Crippen molar-refractivity contribution in [3.05, 3.63) is 48.0 Å². The van der Waals surface area contributed by atoms with Gasteiger partial charge in [-0.2, -0.15) is 0 Å². The number of hydrogen-bond donors (Lipinski definition) is 0. The van der Waals surface area contributed by atoms with Gasteiger partial charge in [0.1, 0.15) is 0 Å². The summed E-state index contributed by atoms with van der Waals surface area (Å²) in [6.07, 6.45) is 0.682. The van der Waals surface area contributed by atoms with Gasteiger partial charge in [-0.25, -0.2) is 0 Å². The molecule has 0 heterocycles. The molecule has 0 radical (unpaired) electrons. The summed E-state index contributed by atoms with van der Waals surface area (Å²) >= 11 is 0. The van der Waals surface area contributed by atoms with E-state index < -0.39 is 5.41 Å². The third-order valence-electron chi connectivity index (χ3n) is 3.25. The molecule has 0 aliphatic rings. The van der Waals surface area contributed by atoms with E-state index in [0.29, 0.717) is 6.42 Å². The van der Waals surface area contributed by atoms with Crippen molar-refractivity contribution in [1.29, 1.82) is 0 Å². The van der Waals surface area contributed by atoms with E-state index in [2.05, 4.69) is 24.3 Å². The van der Waals surface area contributed by atoms with E-state index in [1.807, 2.05) is 32.0 Å². The van der Waals surface area contributed by atoms with E-state index in [-0.39, 0.29) is 5.97 Å². The third-order valence-corrected chi connectivity index (χ3v) is 3.25. The monoisotopic (exact) mass is 242 g/mol. The Morgan fingerprint density at radius 2 is 1.78 bits per heavy atom. The first-order valence-corrected chi connectivity index (χ1v) is 6.09. The van der Waals surface area contributed by atoms with E-state index >= 15 is 0 Å². The quantitative estimate of drug-likeness (QED) is 0.769. The molecule has 0 aliphatic carbocycles. The van der Waals surface area contributed by atoms with Gasteiger partial charge in [0.2, 0.25) is 0 Å². The summed E-state index contributed by atoms with van der Waals surface area (Å²) in [6, 6.07) is 14.4. The summed E-state index contributed by atoms with van der Waals surface area (Å²) in [5.41, 5.74) is 0.683. The third kappa shape index (κ3) is 2.37. The Bertz CT molecular complexity index is 565. The molecule has 0 saturated carbocycles. The normalized spacial score (nSPS) is 11.5. The molecule has 18 heavy (non-hydrogen) atoms. The van der Waals surface area contributed by atoms with Crippen LogP contribution >= 0.6 is 0 Å². The van der Waals surface area contributed by atoms with Crippen LogP contribution in [-0.4, -0.2) is 13.1 Å². The average Bonchev–Trinajstić information content (AvgIpc) is 2.38. The van der Waals surface area contributed by atoms with Gasteiger partial charge >= 0.3 is 5.97 Å².